The molecule has 0 aromatic carbocycles. The molecule has 0 unspecified atom stereocenters. The molecule has 0 spiro atoms. The zero-order valence-electron chi connectivity index (χ0n) is 16.1. The van der Waals surface area contributed by atoms with Gasteiger partial charge in [0.25, 0.3) is 5.91 Å². The average Bonchev–Trinajstić information content (AvgIpc) is 2.92. The Bertz CT molecular complexity index is 593. The molecular formula is C19H30N2O3S. The first-order chi connectivity index (χ1) is 11.7. The molecule has 0 bridgehead atoms. The van der Waals surface area contributed by atoms with E-state index in [-0.39, 0.29) is 18.4 Å². The van der Waals surface area contributed by atoms with E-state index in [0.717, 1.165) is 17.7 Å². The van der Waals surface area contributed by atoms with Crippen LogP contribution in [0.2, 0.25) is 0 Å². The minimum absolute atomic E-state index is 0.00743. The quantitative estimate of drug-likeness (QED) is 0.726. The minimum Gasteiger partial charge on any atom is -0.459 e. The van der Waals surface area contributed by atoms with Crippen molar-refractivity contribution in [1.29, 1.82) is 0 Å². The van der Waals surface area contributed by atoms with Gasteiger partial charge in [-0.2, -0.15) is 0 Å². The standard InChI is InChI=1S/C19H30N2O3S/c1-19(2,3)24-17(22)13-21(11-10-20(4)5)18(23)16-12-14-8-6-7-9-15(14)25-16/h12H,6-11,13H2,1-5H3. The molecule has 1 amide bonds. The molecule has 25 heavy (non-hydrogen) atoms. The van der Waals surface area contributed by atoms with Crippen molar-refractivity contribution < 1.29 is 14.3 Å². The van der Waals surface area contributed by atoms with E-state index in [1.54, 1.807) is 16.2 Å². The molecule has 140 valence electrons. The van der Waals surface area contributed by atoms with Crippen molar-refractivity contribution in [1.82, 2.24) is 9.80 Å². The van der Waals surface area contributed by atoms with E-state index in [1.807, 2.05) is 45.8 Å². The van der Waals surface area contributed by atoms with Crippen LogP contribution in [0.25, 0.3) is 0 Å². The molecule has 0 saturated carbocycles. The van der Waals surface area contributed by atoms with Crippen molar-refractivity contribution in [2.24, 2.45) is 0 Å². The summed E-state index contributed by atoms with van der Waals surface area (Å²) in [6.45, 7) is 6.72. The van der Waals surface area contributed by atoms with Crippen molar-refractivity contribution in [3.05, 3.63) is 21.4 Å². The van der Waals surface area contributed by atoms with Gasteiger partial charge in [-0.05, 0) is 72.2 Å². The van der Waals surface area contributed by atoms with Crippen molar-refractivity contribution in [3.63, 3.8) is 0 Å². The highest BCUT2D eigenvalue weighted by atomic mass is 32.1. The SMILES string of the molecule is CN(C)CCN(CC(=O)OC(C)(C)C)C(=O)c1cc2c(s1)CCCC2. The first-order valence-electron chi connectivity index (χ1n) is 8.93. The van der Waals surface area contributed by atoms with Crippen LogP contribution >= 0.6 is 11.3 Å². The average molecular weight is 367 g/mol. The number of hydrogen-bond acceptors (Lipinski definition) is 5. The molecular weight excluding hydrogens is 336 g/mol. The number of amides is 1. The zero-order chi connectivity index (χ0) is 18.6. The van der Waals surface area contributed by atoms with Crippen LogP contribution in [-0.4, -0.2) is 61.0 Å². The molecule has 0 N–H and O–H groups in total. The van der Waals surface area contributed by atoms with E-state index >= 15 is 0 Å². The monoisotopic (exact) mass is 366 g/mol. The Kier molecular flexibility index (Phi) is 6.63. The van der Waals surface area contributed by atoms with Crippen LogP contribution in [0, 0.1) is 0 Å². The fourth-order valence-electron chi connectivity index (χ4n) is 2.85. The first kappa shape index (κ1) is 19.9. The summed E-state index contributed by atoms with van der Waals surface area (Å²) in [5, 5.41) is 0. The fourth-order valence-corrected chi connectivity index (χ4v) is 4.08. The number of ether oxygens (including phenoxy) is 1. The molecule has 1 aromatic rings. The molecule has 1 aliphatic carbocycles. The Hall–Kier alpha value is -1.40. The number of carbonyl (C=O) groups is 2. The third-order valence-corrected chi connectivity index (χ3v) is 5.28. The van der Waals surface area contributed by atoms with Crippen LogP contribution in [0.15, 0.2) is 6.07 Å². The van der Waals surface area contributed by atoms with E-state index in [9.17, 15) is 9.59 Å². The van der Waals surface area contributed by atoms with Gasteiger partial charge in [0, 0.05) is 18.0 Å². The second-order valence-corrected chi connectivity index (χ2v) is 9.02. The number of thiophene rings is 1. The number of hydrogen-bond donors (Lipinski definition) is 0. The van der Waals surface area contributed by atoms with Gasteiger partial charge >= 0.3 is 5.97 Å². The zero-order valence-corrected chi connectivity index (χ0v) is 16.9. The number of nitrogens with zero attached hydrogens (tertiary/aromatic N) is 2. The van der Waals surface area contributed by atoms with Gasteiger partial charge in [-0.15, -0.1) is 11.3 Å². The van der Waals surface area contributed by atoms with Crippen LogP contribution in [0.1, 0.15) is 53.7 Å². The number of aryl methyl sites for hydroxylation is 2. The van der Waals surface area contributed by atoms with Crippen LogP contribution in [-0.2, 0) is 22.4 Å². The maximum absolute atomic E-state index is 13.0. The highest BCUT2D eigenvalue weighted by Crippen LogP contribution is 2.30. The summed E-state index contributed by atoms with van der Waals surface area (Å²) in [7, 11) is 3.92. The third kappa shape index (κ3) is 6.12. The lowest BCUT2D eigenvalue weighted by atomic mass is 9.99. The molecule has 1 heterocycles. The van der Waals surface area contributed by atoms with Crippen molar-refractivity contribution in [2.75, 3.05) is 33.7 Å². The highest BCUT2D eigenvalue weighted by Gasteiger charge is 2.25. The van der Waals surface area contributed by atoms with Crippen molar-refractivity contribution in [3.8, 4) is 0 Å². The van der Waals surface area contributed by atoms with Gasteiger partial charge in [0.15, 0.2) is 0 Å². The van der Waals surface area contributed by atoms with Crippen LogP contribution in [0.4, 0.5) is 0 Å². The van der Waals surface area contributed by atoms with Gasteiger partial charge in [0.2, 0.25) is 0 Å². The number of likely N-dealkylation sites (N-methyl/N-ethyl adjacent to an activating group) is 1. The summed E-state index contributed by atoms with van der Waals surface area (Å²) in [5.41, 5.74) is 0.763. The van der Waals surface area contributed by atoms with Gasteiger partial charge in [-0.3, -0.25) is 9.59 Å². The molecule has 1 aromatic heterocycles. The first-order valence-corrected chi connectivity index (χ1v) is 9.75. The van der Waals surface area contributed by atoms with E-state index in [0.29, 0.717) is 13.1 Å². The maximum atomic E-state index is 13.0. The summed E-state index contributed by atoms with van der Waals surface area (Å²) in [5.74, 6) is -0.423. The van der Waals surface area contributed by atoms with Gasteiger partial charge < -0.3 is 14.5 Å². The summed E-state index contributed by atoms with van der Waals surface area (Å²) >= 11 is 1.59. The Morgan fingerprint density at radius 1 is 1.16 bits per heavy atom. The normalized spacial score (nSPS) is 14.3. The van der Waals surface area contributed by atoms with E-state index in [2.05, 4.69) is 0 Å². The van der Waals surface area contributed by atoms with Crippen molar-refractivity contribution in [2.45, 2.75) is 52.1 Å². The number of fused-ring (bicyclic) bond motifs is 1. The lowest BCUT2D eigenvalue weighted by molar-refractivity contribution is -0.155. The van der Waals surface area contributed by atoms with Gasteiger partial charge in [0.05, 0.1) is 4.88 Å². The summed E-state index contributed by atoms with van der Waals surface area (Å²) in [4.78, 5) is 30.9. The van der Waals surface area contributed by atoms with Gasteiger partial charge in [0.1, 0.15) is 12.1 Å². The summed E-state index contributed by atoms with van der Waals surface area (Å²) in [6.07, 6.45) is 4.52. The van der Waals surface area contributed by atoms with E-state index in [1.165, 1.54) is 23.3 Å². The summed E-state index contributed by atoms with van der Waals surface area (Å²) < 4.78 is 5.40. The molecule has 0 saturated heterocycles. The second kappa shape index (κ2) is 8.32. The largest absolute Gasteiger partial charge is 0.459 e. The van der Waals surface area contributed by atoms with Crippen molar-refractivity contribution >= 4 is 23.2 Å². The van der Waals surface area contributed by atoms with Crippen LogP contribution in [0.3, 0.4) is 0 Å². The third-order valence-electron chi connectivity index (χ3n) is 4.05. The lowest BCUT2D eigenvalue weighted by Crippen LogP contribution is -2.41. The molecule has 0 atom stereocenters. The van der Waals surface area contributed by atoms with E-state index in [4.69, 9.17) is 4.74 Å². The number of rotatable bonds is 6. The van der Waals surface area contributed by atoms with Gasteiger partial charge in [-0.25, -0.2) is 0 Å². The summed E-state index contributed by atoms with van der Waals surface area (Å²) in [6, 6.07) is 2.03. The van der Waals surface area contributed by atoms with Crippen LogP contribution < -0.4 is 0 Å². The Balaban J connectivity index is 2.11. The van der Waals surface area contributed by atoms with E-state index < -0.39 is 5.60 Å². The second-order valence-electron chi connectivity index (χ2n) is 7.88. The molecule has 6 heteroatoms. The Labute approximate surface area is 154 Å². The predicted molar refractivity (Wildman–Crippen MR) is 101 cm³/mol. The molecule has 1 aliphatic rings. The molecule has 5 nitrogen and oxygen atoms in total. The van der Waals surface area contributed by atoms with Gasteiger partial charge in [-0.1, -0.05) is 0 Å². The molecule has 2 rings (SSSR count). The predicted octanol–water partition coefficient (Wildman–Crippen LogP) is 2.97. The Morgan fingerprint density at radius 2 is 1.84 bits per heavy atom. The topological polar surface area (TPSA) is 49.9 Å². The smallest absolute Gasteiger partial charge is 0.326 e. The van der Waals surface area contributed by atoms with Crippen LogP contribution in [0.5, 0.6) is 0 Å². The Morgan fingerprint density at radius 3 is 2.44 bits per heavy atom. The minimum atomic E-state index is -0.546. The molecule has 0 aliphatic heterocycles. The number of esters is 1. The fraction of sp³-hybridized carbons (Fsp3) is 0.684. The molecule has 0 fully saturated rings. The maximum Gasteiger partial charge on any atom is 0.326 e. The highest BCUT2D eigenvalue weighted by molar-refractivity contribution is 7.14. The lowest BCUT2D eigenvalue weighted by Gasteiger charge is -2.26. The molecule has 0 radical (unpaired) electrons. The number of carbonyl (C=O) groups excluding carboxylic acids is 2.